The summed E-state index contributed by atoms with van der Waals surface area (Å²) in [7, 11) is 0. The third-order valence-electron chi connectivity index (χ3n) is 9.81. The maximum atomic E-state index is 13.9. The van der Waals surface area contributed by atoms with Gasteiger partial charge in [0.2, 0.25) is 0 Å². The molecule has 59 heavy (non-hydrogen) atoms. The number of imidazole rings is 2. The summed E-state index contributed by atoms with van der Waals surface area (Å²) in [6.07, 6.45) is 7.97. The molecule has 0 saturated carbocycles. The number of likely N-dealkylation sites (tertiary alicyclic amines) is 1. The first-order valence-electron chi connectivity index (χ1n) is 19.0. The van der Waals surface area contributed by atoms with Crippen molar-refractivity contribution in [1.82, 2.24) is 53.9 Å². The molecule has 1 saturated heterocycles. The Kier molecular flexibility index (Phi) is 11.0. The largest absolute Gasteiger partial charge is 0.508 e. The molecule has 9 rings (SSSR count). The molecule has 0 spiro atoms. The number of nitrogen functional groups attached to an aromatic ring is 2. The Labute approximate surface area is 337 Å². The summed E-state index contributed by atoms with van der Waals surface area (Å²) in [5.41, 5.74) is 17.2. The maximum absolute atomic E-state index is 13.9. The number of aromatic hydroxyl groups is 1. The number of halogens is 2. The predicted molar refractivity (Wildman–Crippen MR) is 219 cm³/mol. The Morgan fingerprint density at radius 2 is 1.12 bits per heavy atom. The first-order chi connectivity index (χ1) is 28.6. The van der Waals surface area contributed by atoms with E-state index >= 15 is 0 Å². The van der Waals surface area contributed by atoms with Crippen molar-refractivity contribution in [2.24, 2.45) is 0 Å². The highest BCUT2D eigenvalue weighted by Gasteiger charge is 2.20. The van der Waals surface area contributed by atoms with E-state index in [1.54, 1.807) is 44.3 Å². The molecule has 7 heterocycles. The zero-order chi connectivity index (χ0) is 41.0. The van der Waals surface area contributed by atoms with Crippen LogP contribution in [0.1, 0.15) is 35.6 Å². The number of hydrogen-bond donors (Lipinski definition) is 3. The molecule has 15 nitrogen and oxygen atoms in total. The molecule has 300 valence electrons. The van der Waals surface area contributed by atoms with Gasteiger partial charge in [0, 0.05) is 30.1 Å². The molecule has 2 aromatic carbocycles. The number of rotatable bonds is 10. The first kappa shape index (κ1) is 38.7. The first-order valence-corrected chi connectivity index (χ1v) is 19.0. The Morgan fingerprint density at radius 3 is 1.59 bits per heavy atom. The lowest BCUT2D eigenvalue weighted by Gasteiger charge is -2.15. The van der Waals surface area contributed by atoms with Crippen LogP contribution in [0.15, 0.2) is 85.5 Å². The molecule has 8 aromatic rings. The molecular formula is C42H41F2N13O2. The Balaban J connectivity index is 0.000000169. The summed E-state index contributed by atoms with van der Waals surface area (Å²) in [4.78, 5) is 36.9. The zero-order valence-corrected chi connectivity index (χ0v) is 32.4. The molecule has 17 heteroatoms. The number of aryl methyl sites for hydroxylation is 2. The van der Waals surface area contributed by atoms with Crippen LogP contribution in [0.4, 0.5) is 20.4 Å². The van der Waals surface area contributed by atoms with Crippen LogP contribution in [0.25, 0.3) is 45.1 Å². The summed E-state index contributed by atoms with van der Waals surface area (Å²) in [6, 6.07) is 17.5. The molecule has 6 aromatic heterocycles. The fraction of sp³-hybridized carbons (Fsp3) is 0.238. The van der Waals surface area contributed by atoms with Gasteiger partial charge >= 0.3 is 0 Å². The van der Waals surface area contributed by atoms with Gasteiger partial charge in [0.05, 0.1) is 25.5 Å². The summed E-state index contributed by atoms with van der Waals surface area (Å²) >= 11 is 0. The van der Waals surface area contributed by atoms with Crippen molar-refractivity contribution < 1.29 is 18.6 Å². The molecule has 0 aliphatic carbocycles. The van der Waals surface area contributed by atoms with E-state index in [-0.39, 0.29) is 11.6 Å². The van der Waals surface area contributed by atoms with Gasteiger partial charge < -0.3 is 30.4 Å². The minimum atomic E-state index is -0.457. The normalized spacial score (nSPS) is 12.9. The number of phenols is 1. The van der Waals surface area contributed by atoms with Gasteiger partial charge in [-0.15, -0.1) is 0 Å². The minimum absolute atomic E-state index is 0.182. The fourth-order valence-electron chi connectivity index (χ4n) is 7.04. The van der Waals surface area contributed by atoms with Crippen LogP contribution in [-0.4, -0.2) is 85.3 Å². The highest BCUT2D eigenvalue weighted by atomic mass is 19.1. The third kappa shape index (κ3) is 8.74. The number of fused-ring (bicyclic) bond motifs is 2. The molecule has 1 fully saturated rings. The van der Waals surface area contributed by atoms with Crippen LogP contribution in [-0.2, 0) is 13.1 Å². The lowest BCUT2D eigenvalue weighted by atomic mass is 10.2. The third-order valence-corrected chi connectivity index (χ3v) is 9.81. The molecule has 1 aliphatic rings. The van der Waals surface area contributed by atoms with E-state index < -0.39 is 11.6 Å². The van der Waals surface area contributed by atoms with E-state index in [0.717, 1.165) is 48.9 Å². The number of aromatic nitrogens is 10. The number of nitrogens with two attached hydrogens (primary N) is 2. The van der Waals surface area contributed by atoms with Crippen LogP contribution in [0.3, 0.4) is 0 Å². The van der Waals surface area contributed by atoms with E-state index in [0.29, 0.717) is 82.3 Å². The number of ether oxygens (including phenoxy) is 1. The second kappa shape index (κ2) is 16.8. The van der Waals surface area contributed by atoms with E-state index in [9.17, 15) is 13.9 Å². The molecule has 0 bridgehead atoms. The van der Waals surface area contributed by atoms with Crippen molar-refractivity contribution in [1.29, 1.82) is 0 Å². The average Bonchev–Trinajstić information content (AvgIpc) is 3.96. The van der Waals surface area contributed by atoms with Crippen molar-refractivity contribution in [2.45, 2.75) is 39.8 Å². The molecule has 0 atom stereocenters. The summed E-state index contributed by atoms with van der Waals surface area (Å²) < 4.78 is 37.2. The number of phenolic OH excluding ortho intramolecular Hbond substituents is 1. The molecule has 5 N–H and O–H groups in total. The SMILES string of the molecule is Cc1nc(N)c2nc(-c3cncc(F)c3)n(Cc3ccc(O)cc3)c2n1.Cc1nc(N)c2nc(-c3cncc(F)c3)n(Cc3ccc(OCCN4CCCC4)cc3)c2n1. The molecule has 0 radical (unpaired) electrons. The van der Waals surface area contributed by atoms with Crippen LogP contribution in [0.2, 0.25) is 0 Å². The van der Waals surface area contributed by atoms with Gasteiger partial charge in [0.25, 0.3) is 0 Å². The molecule has 1 aliphatic heterocycles. The topological polar surface area (TPSA) is 198 Å². The lowest BCUT2D eigenvalue weighted by molar-refractivity contribution is 0.238. The standard InChI is InChI=1S/C24H26FN7O.C18H15FN6O/c1-16-28-22(26)21-24(29-16)32(23(30-21)18-12-19(25)14-27-13-18)15-17-4-6-20(7-5-17)33-11-10-31-8-2-3-9-31;1-10-22-16(20)15-18(23-10)25(9-11-2-4-14(26)5-3-11)17(24-15)12-6-13(19)8-21-7-12/h4-7,12-14H,2-3,8-11,15H2,1H3,(H2,26,28,29);2-8,26H,9H2,1H3,(H2,20,22,23). The number of nitrogens with zero attached hydrogens (tertiary/aromatic N) is 11. The average molecular weight is 798 g/mol. The highest BCUT2D eigenvalue weighted by molar-refractivity contribution is 5.86. The van der Waals surface area contributed by atoms with Crippen LogP contribution in [0, 0.1) is 25.5 Å². The van der Waals surface area contributed by atoms with Crippen molar-refractivity contribution in [2.75, 3.05) is 37.7 Å². The molecule has 0 amide bonds. The number of benzene rings is 2. The van der Waals surface area contributed by atoms with Crippen molar-refractivity contribution >= 4 is 34.0 Å². The van der Waals surface area contributed by atoms with Gasteiger partial charge in [-0.05, 0) is 87.3 Å². The second-order valence-electron chi connectivity index (χ2n) is 14.2. The Morgan fingerprint density at radius 1 is 0.644 bits per heavy atom. The van der Waals surface area contributed by atoms with Gasteiger partial charge in [-0.25, -0.2) is 38.7 Å². The molecular weight excluding hydrogens is 757 g/mol. The number of hydrogen-bond acceptors (Lipinski definition) is 13. The summed E-state index contributed by atoms with van der Waals surface area (Å²) in [6.45, 7) is 8.38. The number of pyridine rings is 2. The van der Waals surface area contributed by atoms with Crippen molar-refractivity contribution in [3.63, 3.8) is 0 Å². The van der Waals surface area contributed by atoms with Crippen molar-refractivity contribution in [3.8, 4) is 34.3 Å². The van der Waals surface area contributed by atoms with Crippen molar-refractivity contribution in [3.05, 3.63) is 120 Å². The Hall–Kier alpha value is -7.14. The van der Waals surface area contributed by atoms with Gasteiger partial charge in [-0.2, -0.15) is 0 Å². The lowest BCUT2D eigenvalue weighted by Crippen LogP contribution is -2.25. The minimum Gasteiger partial charge on any atom is -0.508 e. The quantitative estimate of drug-likeness (QED) is 0.143. The van der Waals surface area contributed by atoms with Gasteiger partial charge in [-0.3, -0.25) is 14.9 Å². The van der Waals surface area contributed by atoms with Gasteiger partial charge in [-0.1, -0.05) is 24.3 Å². The highest BCUT2D eigenvalue weighted by Crippen LogP contribution is 2.29. The molecule has 0 unspecified atom stereocenters. The maximum Gasteiger partial charge on any atom is 0.166 e. The summed E-state index contributed by atoms with van der Waals surface area (Å²) in [5, 5.41) is 9.48. The van der Waals surface area contributed by atoms with Gasteiger partial charge in [0.1, 0.15) is 53.0 Å². The fourth-order valence-corrected chi connectivity index (χ4v) is 7.04. The van der Waals surface area contributed by atoms with Crippen LogP contribution >= 0.6 is 0 Å². The Bertz CT molecular complexity index is 2750. The van der Waals surface area contributed by atoms with E-state index in [1.165, 1.54) is 31.2 Å². The van der Waals surface area contributed by atoms with Crippen LogP contribution < -0.4 is 16.2 Å². The zero-order valence-electron chi connectivity index (χ0n) is 32.4. The predicted octanol–water partition coefficient (Wildman–Crippen LogP) is 6.11. The second-order valence-corrected chi connectivity index (χ2v) is 14.2. The smallest absolute Gasteiger partial charge is 0.166 e. The number of anilines is 2. The van der Waals surface area contributed by atoms with E-state index in [1.807, 2.05) is 33.4 Å². The monoisotopic (exact) mass is 797 g/mol. The van der Waals surface area contributed by atoms with E-state index in [4.69, 9.17) is 16.2 Å². The summed E-state index contributed by atoms with van der Waals surface area (Å²) in [5.74, 6) is 2.79. The van der Waals surface area contributed by atoms with Crippen LogP contribution in [0.5, 0.6) is 11.5 Å². The van der Waals surface area contributed by atoms with E-state index in [2.05, 4.69) is 44.8 Å². The van der Waals surface area contributed by atoms with Gasteiger partial charge in [0.15, 0.2) is 34.0 Å².